The van der Waals surface area contributed by atoms with Crippen LogP contribution in [-0.2, 0) is 17.2 Å². The number of fused-ring (bicyclic) bond motifs is 1. The summed E-state index contributed by atoms with van der Waals surface area (Å²) in [6, 6.07) is 9.96. The molecule has 0 aliphatic carbocycles. The van der Waals surface area contributed by atoms with Crippen LogP contribution in [0, 0.1) is 0 Å². The third-order valence-corrected chi connectivity index (χ3v) is 5.27. The van der Waals surface area contributed by atoms with Crippen LogP contribution < -0.4 is 9.47 Å². The lowest BCUT2D eigenvalue weighted by molar-refractivity contribution is 0.0545. The highest BCUT2D eigenvalue weighted by atomic mass is 16.7. The second-order valence-electron chi connectivity index (χ2n) is 6.68. The van der Waals surface area contributed by atoms with Gasteiger partial charge in [0.15, 0.2) is 11.5 Å². The van der Waals surface area contributed by atoms with E-state index in [-0.39, 0.29) is 12.2 Å². The van der Waals surface area contributed by atoms with Gasteiger partial charge >= 0.3 is 0 Å². The van der Waals surface area contributed by atoms with Crippen LogP contribution in [0.25, 0.3) is 11.6 Å². The van der Waals surface area contributed by atoms with Gasteiger partial charge in [-0.1, -0.05) is 6.07 Å². The molecule has 0 bridgehead atoms. The van der Waals surface area contributed by atoms with Gasteiger partial charge in [0.2, 0.25) is 12.7 Å². The summed E-state index contributed by atoms with van der Waals surface area (Å²) in [6.45, 7) is 1.56. The Hall–Kier alpha value is -2.80. The zero-order chi connectivity index (χ0) is 17.6. The molecule has 5 rings (SSSR count). The maximum Gasteiger partial charge on any atom is 0.264 e. The van der Waals surface area contributed by atoms with Crippen LogP contribution in [0.2, 0.25) is 0 Å². The molecule has 0 N–H and O–H groups in total. The van der Waals surface area contributed by atoms with Crippen molar-refractivity contribution in [2.45, 2.75) is 18.3 Å². The van der Waals surface area contributed by atoms with E-state index >= 15 is 0 Å². The van der Waals surface area contributed by atoms with Gasteiger partial charge in [0.05, 0.1) is 5.41 Å². The van der Waals surface area contributed by atoms with E-state index < -0.39 is 0 Å². The zero-order valence-corrected chi connectivity index (χ0v) is 14.5. The quantitative estimate of drug-likeness (QED) is 0.721. The van der Waals surface area contributed by atoms with E-state index in [1.54, 1.807) is 0 Å². The lowest BCUT2D eigenvalue weighted by Crippen LogP contribution is -2.35. The van der Waals surface area contributed by atoms with Crippen LogP contribution >= 0.6 is 0 Å². The molecule has 2 aliphatic rings. The van der Waals surface area contributed by atoms with Crippen molar-refractivity contribution in [1.29, 1.82) is 0 Å². The smallest absolute Gasteiger partial charge is 0.264 e. The van der Waals surface area contributed by atoms with Gasteiger partial charge in [0.1, 0.15) is 5.69 Å². The first-order valence-corrected chi connectivity index (χ1v) is 8.70. The Morgan fingerprint density at radius 2 is 1.88 bits per heavy atom. The molecule has 2 aromatic heterocycles. The molecule has 2 aliphatic heterocycles. The standard InChI is InChI=1S/C19H19N3O4/c1-22-8-2-3-14(22)17-20-21-18(26-17)19(6-9-23-10-7-19)13-4-5-15-16(11-13)25-12-24-15/h2-5,8,11H,6-7,9-10,12H2,1H3. The molecule has 0 spiro atoms. The summed E-state index contributed by atoms with van der Waals surface area (Å²) >= 11 is 0. The first kappa shape index (κ1) is 15.5. The molecule has 4 heterocycles. The highest BCUT2D eigenvalue weighted by Gasteiger charge is 2.42. The predicted octanol–water partition coefficient (Wildman–Crippen LogP) is 2.90. The highest BCUT2D eigenvalue weighted by Crippen LogP contribution is 2.44. The van der Waals surface area contributed by atoms with Crippen molar-refractivity contribution in [3.63, 3.8) is 0 Å². The summed E-state index contributed by atoms with van der Waals surface area (Å²) < 4.78 is 24.7. The van der Waals surface area contributed by atoms with Crippen molar-refractivity contribution in [3.05, 3.63) is 48.0 Å². The number of benzene rings is 1. The van der Waals surface area contributed by atoms with E-state index in [9.17, 15) is 0 Å². The summed E-state index contributed by atoms with van der Waals surface area (Å²) in [7, 11) is 1.96. The largest absolute Gasteiger partial charge is 0.454 e. The van der Waals surface area contributed by atoms with Crippen LogP contribution in [0.5, 0.6) is 11.5 Å². The maximum atomic E-state index is 6.15. The van der Waals surface area contributed by atoms with Crippen LogP contribution in [0.4, 0.5) is 0 Å². The van der Waals surface area contributed by atoms with Gasteiger partial charge in [0.25, 0.3) is 5.89 Å². The predicted molar refractivity (Wildman–Crippen MR) is 92.1 cm³/mol. The number of ether oxygens (including phenoxy) is 3. The number of aromatic nitrogens is 3. The summed E-state index contributed by atoms with van der Waals surface area (Å²) in [5.74, 6) is 2.68. The van der Waals surface area contributed by atoms with Crippen molar-refractivity contribution in [2.24, 2.45) is 7.05 Å². The van der Waals surface area contributed by atoms with Crippen molar-refractivity contribution < 1.29 is 18.6 Å². The molecular weight excluding hydrogens is 334 g/mol. The molecule has 3 aromatic rings. The number of hydrogen-bond acceptors (Lipinski definition) is 6. The van der Waals surface area contributed by atoms with Crippen LogP contribution in [0.15, 0.2) is 40.9 Å². The first-order valence-electron chi connectivity index (χ1n) is 8.70. The molecule has 134 valence electrons. The summed E-state index contributed by atoms with van der Waals surface area (Å²) in [6.07, 6.45) is 3.52. The Morgan fingerprint density at radius 3 is 2.69 bits per heavy atom. The molecule has 0 saturated carbocycles. The number of rotatable bonds is 3. The van der Waals surface area contributed by atoms with E-state index in [0.717, 1.165) is 35.6 Å². The Kier molecular flexibility index (Phi) is 3.49. The van der Waals surface area contributed by atoms with Crippen molar-refractivity contribution in [1.82, 2.24) is 14.8 Å². The molecule has 1 aromatic carbocycles. The van der Waals surface area contributed by atoms with Crippen LogP contribution in [-0.4, -0.2) is 34.8 Å². The number of hydrogen-bond donors (Lipinski definition) is 0. The third-order valence-electron chi connectivity index (χ3n) is 5.27. The minimum atomic E-state index is -0.379. The Bertz CT molecular complexity index is 940. The average molecular weight is 353 g/mol. The average Bonchev–Trinajstić information content (AvgIpc) is 3.41. The van der Waals surface area contributed by atoms with E-state index in [1.807, 2.05) is 42.1 Å². The molecule has 7 heteroatoms. The van der Waals surface area contributed by atoms with Crippen molar-refractivity contribution >= 4 is 0 Å². The minimum absolute atomic E-state index is 0.257. The van der Waals surface area contributed by atoms with Gasteiger partial charge in [-0.25, -0.2) is 0 Å². The maximum absolute atomic E-state index is 6.15. The first-order chi connectivity index (χ1) is 12.8. The van der Waals surface area contributed by atoms with Gasteiger partial charge in [-0.15, -0.1) is 10.2 Å². The summed E-state index contributed by atoms with van der Waals surface area (Å²) in [5, 5.41) is 8.72. The molecule has 0 radical (unpaired) electrons. The minimum Gasteiger partial charge on any atom is -0.454 e. The molecule has 26 heavy (non-hydrogen) atoms. The number of nitrogens with zero attached hydrogens (tertiary/aromatic N) is 3. The molecule has 7 nitrogen and oxygen atoms in total. The molecule has 1 fully saturated rings. The fourth-order valence-electron chi connectivity index (χ4n) is 3.74. The third kappa shape index (κ3) is 2.31. The van der Waals surface area contributed by atoms with Crippen molar-refractivity contribution in [3.8, 4) is 23.1 Å². The fraction of sp³-hybridized carbons (Fsp3) is 0.368. The second kappa shape index (κ2) is 5.88. The molecule has 0 atom stereocenters. The lowest BCUT2D eigenvalue weighted by Gasteiger charge is -2.34. The van der Waals surface area contributed by atoms with Gasteiger partial charge in [-0.05, 0) is 42.7 Å². The van der Waals surface area contributed by atoms with Crippen molar-refractivity contribution in [2.75, 3.05) is 20.0 Å². The van der Waals surface area contributed by atoms with Gasteiger partial charge < -0.3 is 23.2 Å². The lowest BCUT2D eigenvalue weighted by atomic mass is 9.74. The van der Waals surface area contributed by atoms with Crippen LogP contribution in [0.1, 0.15) is 24.3 Å². The van der Waals surface area contributed by atoms with E-state index in [4.69, 9.17) is 18.6 Å². The fourth-order valence-corrected chi connectivity index (χ4v) is 3.74. The molecule has 0 unspecified atom stereocenters. The SMILES string of the molecule is Cn1cccc1-c1nnc(C2(c3ccc4c(c3)OCO4)CCOCC2)o1. The topological polar surface area (TPSA) is 71.5 Å². The second-order valence-corrected chi connectivity index (χ2v) is 6.68. The number of aryl methyl sites for hydroxylation is 1. The summed E-state index contributed by atoms with van der Waals surface area (Å²) in [5.41, 5.74) is 1.61. The van der Waals surface area contributed by atoms with Gasteiger partial charge in [-0.2, -0.15) is 0 Å². The Morgan fingerprint density at radius 1 is 1.04 bits per heavy atom. The van der Waals surface area contributed by atoms with E-state index in [2.05, 4.69) is 16.3 Å². The molecule has 1 saturated heterocycles. The monoisotopic (exact) mass is 353 g/mol. The normalized spacial score (nSPS) is 18.2. The van der Waals surface area contributed by atoms with E-state index in [1.165, 1.54) is 0 Å². The molecular formula is C19H19N3O4. The van der Waals surface area contributed by atoms with Crippen LogP contribution in [0.3, 0.4) is 0 Å². The summed E-state index contributed by atoms with van der Waals surface area (Å²) in [4.78, 5) is 0. The highest BCUT2D eigenvalue weighted by molar-refractivity contribution is 5.50. The van der Waals surface area contributed by atoms with Gasteiger partial charge in [-0.3, -0.25) is 0 Å². The molecule has 0 amide bonds. The Balaban J connectivity index is 1.60. The van der Waals surface area contributed by atoms with Gasteiger partial charge in [0, 0.05) is 26.5 Å². The Labute approximate surface area is 150 Å². The zero-order valence-electron chi connectivity index (χ0n) is 14.5. The van der Waals surface area contributed by atoms with E-state index in [0.29, 0.717) is 25.0 Å².